The fraction of sp³-hybridized carbons (Fsp3) is 0.318. The summed E-state index contributed by atoms with van der Waals surface area (Å²) in [6.07, 6.45) is -0.174. The van der Waals surface area contributed by atoms with Crippen molar-refractivity contribution in [1.82, 2.24) is 4.90 Å². The summed E-state index contributed by atoms with van der Waals surface area (Å²) >= 11 is 0. The van der Waals surface area contributed by atoms with Crippen LogP contribution in [0.1, 0.15) is 18.9 Å². The number of carbonyl (C=O) groups is 3. The predicted octanol–water partition coefficient (Wildman–Crippen LogP) is 2.14. The highest BCUT2D eigenvalue weighted by atomic mass is 16.5. The molecule has 1 atom stereocenters. The lowest BCUT2D eigenvalue weighted by Crippen LogP contribution is -2.47. The molecule has 3 amide bonds. The highest BCUT2D eigenvalue weighted by molar-refractivity contribution is 6.28. The molecule has 1 fully saturated rings. The molecule has 0 saturated carbocycles. The second kappa shape index (κ2) is 7.24. The van der Waals surface area contributed by atoms with Gasteiger partial charge in [-0.2, -0.15) is 0 Å². The number of likely N-dealkylation sites (tertiary alicyclic amines) is 1. The maximum atomic E-state index is 13.4. The van der Waals surface area contributed by atoms with Gasteiger partial charge in [-0.15, -0.1) is 0 Å². The quantitative estimate of drug-likeness (QED) is 0.554. The predicted molar refractivity (Wildman–Crippen MR) is 106 cm³/mol. The van der Waals surface area contributed by atoms with Crippen molar-refractivity contribution in [2.24, 2.45) is 0 Å². The normalized spacial score (nSPS) is 20.6. The number of hydrogen-bond donors (Lipinski definition) is 0. The number of benzene rings is 2. The molecule has 7 nitrogen and oxygen atoms in total. The van der Waals surface area contributed by atoms with Gasteiger partial charge in [0.05, 0.1) is 20.1 Å². The molecule has 0 bridgehead atoms. The minimum atomic E-state index is -1.51. The number of nitrogens with zero attached hydrogens (tertiary/aromatic N) is 2. The van der Waals surface area contributed by atoms with E-state index in [9.17, 15) is 14.4 Å². The topological polar surface area (TPSA) is 76.2 Å². The van der Waals surface area contributed by atoms with Crippen LogP contribution in [0.15, 0.2) is 48.5 Å². The Balaban J connectivity index is 1.62. The van der Waals surface area contributed by atoms with Crippen molar-refractivity contribution in [1.29, 1.82) is 0 Å². The smallest absolute Gasteiger partial charge is 0.250 e. The molecule has 2 heterocycles. The zero-order chi connectivity index (χ0) is 20.6. The van der Waals surface area contributed by atoms with E-state index in [0.717, 1.165) is 4.90 Å². The molecule has 0 radical (unpaired) electrons. The molecule has 0 aromatic heterocycles. The molecule has 2 aliphatic heterocycles. The van der Waals surface area contributed by atoms with Crippen LogP contribution in [0.3, 0.4) is 0 Å². The molecule has 1 spiro atoms. The molecule has 2 aromatic carbocycles. The summed E-state index contributed by atoms with van der Waals surface area (Å²) in [5.41, 5.74) is -0.320. The van der Waals surface area contributed by atoms with Crippen molar-refractivity contribution in [3.05, 3.63) is 54.1 Å². The molecule has 150 valence electrons. The van der Waals surface area contributed by atoms with E-state index >= 15 is 0 Å². The molecular formula is C22H22N2O5. The number of para-hydroxylation sites is 1. The Morgan fingerprint density at radius 3 is 2.38 bits per heavy atom. The van der Waals surface area contributed by atoms with Crippen LogP contribution in [0.2, 0.25) is 0 Å². The van der Waals surface area contributed by atoms with E-state index in [1.165, 1.54) is 7.11 Å². The average molecular weight is 394 g/mol. The number of hydrogen-bond acceptors (Lipinski definition) is 5. The first-order chi connectivity index (χ1) is 14.0. The van der Waals surface area contributed by atoms with Crippen molar-refractivity contribution in [2.45, 2.75) is 18.8 Å². The molecule has 4 rings (SSSR count). The highest BCUT2D eigenvalue weighted by Gasteiger charge is 2.63. The Hall–Kier alpha value is -3.35. The van der Waals surface area contributed by atoms with Gasteiger partial charge in [0.1, 0.15) is 18.1 Å². The molecule has 2 aromatic rings. The van der Waals surface area contributed by atoms with Gasteiger partial charge in [0.15, 0.2) is 5.41 Å². The summed E-state index contributed by atoms with van der Waals surface area (Å²) in [4.78, 5) is 42.1. The number of anilines is 1. The van der Waals surface area contributed by atoms with Crippen molar-refractivity contribution in [3.63, 3.8) is 0 Å². The Kier molecular flexibility index (Phi) is 4.74. The summed E-state index contributed by atoms with van der Waals surface area (Å²) in [5, 5.41) is 0. The number of carbonyl (C=O) groups excluding carboxylic acids is 3. The van der Waals surface area contributed by atoms with Crippen LogP contribution < -0.4 is 14.4 Å². The van der Waals surface area contributed by atoms with Gasteiger partial charge in [-0.1, -0.05) is 18.2 Å². The number of fused-ring (bicyclic) bond motifs is 2. The van der Waals surface area contributed by atoms with Crippen molar-refractivity contribution in [3.8, 4) is 11.5 Å². The minimum Gasteiger partial charge on any atom is -0.497 e. The first-order valence-corrected chi connectivity index (χ1v) is 9.56. The lowest BCUT2D eigenvalue weighted by molar-refractivity contribution is -0.141. The van der Waals surface area contributed by atoms with Gasteiger partial charge in [0.25, 0.3) is 0 Å². The number of methoxy groups -OCH3 is 1. The molecule has 1 unspecified atom stereocenters. The Labute approximate surface area is 168 Å². The van der Waals surface area contributed by atoms with Crippen molar-refractivity contribution >= 4 is 23.4 Å². The maximum absolute atomic E-state index is 13.4. The van der Waals surface area contributed by atoms with E-state index in [4.69, 9.17) is 9.47 Å². The fourth-order valence-corrected chi connectivity index (χ4v) is 4.11. The third kappa shape index (κ3) is 2.85. The standard InChI is InChI=1S/C22H22N2O5/c1-3-23-18-10-9-16(28-2)13-17(18)22(20(23)26)14-19(25)24(21(22)27)11-12-29-15-7-5-4-6-8-15/h4-10,13H,3,11-12,14H2,1-2H3. The van der Waals surface area contributed by atoms with Gasteiger partial charge in [0, 0.05) is 17.8 Å². The van der Waals surface area contributed by atoms with Gasteiger partial charge >= 0.3 is 0 Å². The van der Waals surface area contributed by atoms with E-state index < -0.39 is 11.3 Å². The second-order valence-corrected chi connectivity index (χ2v) is 7.03. The average Bonchev–Trinajstić information content (AvgIpc) is 3.14. The van der Waals surface area contributed by atoms with Crippen LogP contribution >= 0.6 is 0 Å². The molecular weight excluding hydrogens is 372 g/mol. The number of rotatable bonds is 6. The Bertz CT molecular complexity index is 974. The van der Waals surface area contributed by atoms with Crippen LogP contribution in [0, 0.1) is 0 Å². The van der Waals surface area contributed by atoms with Crippen LogP contribution in [-0.2, 0) is 19.8 Å². The third-order valence-electron chi connectivity index (χ3n) is 5.54. The zero-order valence-corrected chi connectivity index (χ0v) is 16.4. The Morgan fingerprint density at radius 1 is 0.966 bits per heavy atom. The number of amides is 3. The maximum Gasteiger partial charge on any atom is 0.250 e. The van der Waals surface area contributed by atoms with E-state index in [2.05, 4.69) is 0 Å². The number of likely N-dealkylation sites (N-methyl/N-ethyl adjacent to an activating group) is 1. The van der Waals surface area contributed by atoms with Gasteiger partial charge in [-0.05, 0) is 37.3 Å². The van der Waals surface area contributed by atoms with Gasteiger partial charge in [0.2, 0.25) is 17.7 Å². The van der Waals surface area contributed by atoms with Crippen molar-refractivity contribution in [2.75, 3.05) is 31.7 Å². The summed E-state index contributed by atoms with van der Waals surface area (Å²) in [6.45, 7) is 2.51. The summed E-state index contributed by atoms with van der Waals surface area (Å²) in [5.74, 6) is -0.0140. The zero-order valence-electron chi connectivity index (χ0n) is 16.4. The van der Waals surface area contributed by atoms with E-state index in [0.29, 0.717) is 29.3 Å². The largest absolute Gasteiger partial charge is 0.497 e. The first kappa shape index (κ1) is 19.0. The third-order valence-corrected chi connectivity index (χ3v) is 5.54. The molecule has 29 heavy (non-hydrogen) atoms. The van der Waals surface area contributed by atoms with Gasteiger partial charge in [-0.3, -0.25) is 19.3 Å². The fourth-order valence-electron chi connectivity index (χ4n) is 4.11. The van der Waals surface area contributed by atoms with Gasteiger partial charge < -0.3 is 14.4 Å². The first-order valence-electron chi connectivity index (χ1n) is 9.56. The van der Waals surface area contributed by atoms with Crippen molar-refractivity contribution < 1.29 is 23.9 Å². The van der Waals surface area contributed by atoms with Crippen LogP contribution in [0.5, 0.6) is 11.5 Å². The molecule has 2 aliphatic rings. The second-order valence-electron chi connectivity index (χ2n) is 7.03. The highest BCUT2D eigenvalue weighted by Crippen LogP contribution is 2.49. The van der Waals surface area contributed by atoms with E-state index in [-0.39, 0.29) is 31.4 Å². The molecule has 0 aliphatic carbocycles. The lowest BCUT2D eigenvalue weighted by atomic mass is 9.80. The minimum absolute atomic E-state index is 0.0903. The SMILES string of the molecule is CCN1C(=O)C2(CC(=O)N(CCOc3ccccc3)C2=O)c2cc(OC)ccc21. The molecule has 7 heteroatoms. The Morgan fingerprint density at radius 2 is 1.69 bits per heavy atom. The summed E-state index contributed by atoms with van der Waals surface area (Å²) in [7, 11) is 1.53. The van der Waals surface area contributed by atoms with E-state index in [1.54, 1.807) is 35.2 Å². The van der Waals surface area contributed by atoms with E-state index in [1.807, 2.05) is 25.1 Å². The van der Waals surface area contributed by atoms with Crippen LogP contribution in [0.4, 0.5) is 5.69 Å². The summed E-state index contributed by atoms with van der Waals surface area (Å²) < 4.78 is 10.9. The monoisotopic (exact) mass is 394 g/mol. The molecule has 1 saturated heterocycles. The van der Waals surface area contributed by atoms with Crippen LogP contribution in [-0.4, -0.2) is 49.4 Å². The van der Waals surface area contributed by atoms with Gasteiger partial charge in [-0.25, -0.2) is 0 Å². The lowest BCUT2D eigenvalue weighted by Gasteiger charge is -2.22. The summed E-state index contributed by atoms with van der Waals surface area (Å²) in [6, 6.07) is 14.4. The van der Waals surface area contributed by atoms with Crippen LogP contribution in [0.25, 0.3) is 0 Å². The number of ether oxygens (including phenoxy) is 2. The molecule has 0 N–H and O–H groups in total. The number of imide groups is 1.